The molecule has 1 atom stereocenters. The lowest BCUT2D eigenvalue weighted by Crippen LogP contribution is -2.49. The molecule has 7 nitrogen and oxygen atoms in total. The van der Waals surface area contributed by atoms with Crippen LogP contribution >= 0.6 is 0 Å². The molecule has 31 heavy (non-hydrogen) atoms. The van der Waals surface area contributed by atoms with Gasteiger partial charge in [0, 0.05) is 57.6 Å². The van der Waals surface area contributed by atoms with Crippen LogP contribution in [0.5, 0.6) is 0 Å². The molecule has 1 aromatic carbocycles. The summed E-state index contributed by atoms with van der Waals surface area (Å²) in [6.07, 6.45) is 3.80. The molecule has 0 aliphatic carbocycles. The van der Waals surface area contributed by atoms with E-state index in [1.807, 2.05) is 23.2 Å². The topological polar surface area (TPSA) is 60.9 Å². The fraction of sp³-hybridized carbons (Fsp3) is 0.500. The number of likely N-dealkylation sites (N-methyl/N-ethyl adjacent to an activating group) is 1. The number of benzene rings is 1. The second-order valence-electron chi connectivity index (χ2n) is 8.40. The molecule has 1 N–H and O–H groups in total. The number of urea groups is 1. The van der Waals surface area contributed by atoms with E-state index in [-0.39, 0.29) is 12.1 Å². The number of morpholine rings is 1. The van der Waals surface area contributed by atoms with E-state index in [0.717, 1.165) is 50.4 Å². The Bertz CT molecular complexity index is 839. The lowest BCUT2D eigenvalue weighted by molar-refractivity contribution is -0.0176. The Morgan fingerprint density at radius 2 is 1.90 bits per heavy atom. The number of nitrogens with one attached hydrogen (secondary N) is 1. The van der Waals surface area contributed by atoms with Gasteiger partial charge in [-0.3, -0.25) is 0 Å². The largest absolute Gasteiger partial charge is 0.375 e. The van der Waals surface area contributed by atoms with Crippen LogP contribution in [0, 0.1) is 0 Å². The number of hydrogen-bond donors (Lipinski definition) is 1. The fourth-order valence-corrected chi connectivity index (χ4v) is 4.20. The molecule has 166 valence electrons. The predicted octanol–water partition coefficient (Wildman–Crippen LogP) is 2.38. The number of aromatic nitrogens is 1. The van der Waals surface area contributed by atoms with Crippen molar-refractivity contribution in [1.29, 1.82) is 0 Å². The number of pyridine rings is 1. The standard InChI is InChI=1S/C24H33N5O2/c1-27-12-14-28(15-13-27)23-21(8-5-11-25-23)18-26-24(30)29-16-17-31-22(19-29)10-9-20-6-3-2-4-7-20/h2-8,11,22H,9-10,12-19H2,1H3,(H,26,30). The molecular weight excluding hydrogens is 390 g/mol. The van der Waals surface area contributed by atoms with Crippen molar-refractivity contribution in [2.45, 2.75) is 25.5 Å². The normalized spacial score (nSPS) is 20.0. The van der Waals surface area contributed by atoms with Crippen molar-refractivity contribution < 1.29 is 9.53 Å². The van der Waals surface area contributed by atoms with Gasteiger partial charge in [-0.25, -0.2) is 9.78 Å². The van der Waals surface area contributed by atoms with Gasteiger partial charge in [0.1, 0.15) is 5.82 Å². The quantitative estimate of drug-likeness (QED) is 0.773. The molecule has 4 rings (SSSR count). The van der Waals surface area contributed by atoms with Crippen molar-refractivity contribution in [3.63, 3.8) is 0 Å². The maximum Gasteiger partial charge on any atom is 0.317 e. The van der Waals surface area contributed by atoms with Gasteiger partial charge in [-0.05, 0) is 31.5 Å². The lowest BCUT2D eigenvalue weighted by Gasteiger charge is -2.35. The minimum absolute atomic E-state index is 0.0267. The molecule has 0 radical (unpaired) electrons. The number of nitrogens with zero attached hydrogens (tertiary/aromatic N) is 4. The first kappa shape index (κ1) is 21.6. The van der Waals surface area contributed by atoms with Crippen LogP contribution in [0.3, 0.4) is 0 Å². The number of piperazine rings is 1. The number of aryl methyl sites for hydroxylation is 1. The monoisotopic (exact) mass is 423 g/mol. The lowest BCUT2D eigenvalue weighted by atomic mass is 10.1. The van der Waals surface area contributed by atoms with Gasteiger partial charge in [-0.15, -0.1) is 0 Å². The van der Waals surface area contributed by atoms with Crippen LogP contribution < -0.4 is 10.2 Å². The fourth-order valence-electron chi connectivity index (χ4n) is 4.20. The minimum Gasteiger partial charge on any atom is -0.375 e. The van der Waals surface area contributed by atoms with Crippen LogP contribution in [-0.4, -0.2) is 79.8 Å². The molecule has 2 aliphatic rings. The van der Waals surface area contributed by atoms with Crippen LogP contribution in [0.2, 0.25) is 0 Å². The Labute approximate surface area is 185 Å². The smallest absolute Gasteiger partial charge is 0.317 e. The van der Waals surface area contributed by atoms with E-state index in [4.69, 9.17) is 4.74 Å². The van der Waals surface area contributed by atoms with Crippen molar-refractivity contribution in [3.8, 4) is 0 Å². The molecule has 2 saturated heterocycles. The third-order valence-corrected chi connectivity index (χ3v) is 6.12. The van der Waals surface area contributed by atoms with Crippen LogP contribution in [0.25, 0.3) is 0 Å². The third-order valence-electron chi connectivity index (χ3n) is 6.12. The molecule has 2 amide bonds. The van der Waals surface area contributed by atoms with Gasteiger partial charge in [0.15, 0.2) is 0 Å². The van der Waals surface area contributed by atoms with E-state index >= 15 is 0 Å². The Morgan fingerprint density at radius 3 is 2.71 bits per heavy atom. The maximum atomic E-state index is 12.8. The highest BCUT2D eigenvalue weighted by molar-refractivity contribution is 5.74. The number of rotatable bonds is 6. The summed E-state index contributed by atoms with van der Waals surface area (Å²) in [6.45, 7) is 6.32. The zero-order valence-electron chi connectivity index (χ0n) is 18.4. The zero-order chi connectivity index (χ0) is 21.5. The molecule has 3 heterocycles. The molecule has 2 fully saturated rings. The first-order valence-corrected chi connectivity index (χ1v) is 11.2. The van der Waals surface area contributed by atoms with Gasteiger partial charge in [-0.2, -0.15) is 0 Å². The van der Waals surface area contributed by atoms with E-state index in [0.29, 0.717) is 26.2 Å². The van der Waals surface area contributed by atoms with Gasteiger partial charge < -0.3 is 24.8 Å². The molecule has 0 bridgehead atoms. The van der Waals surface area contributed by atoms with Crippen molar-refractivity contribution in [2.24, 2.45) is 0 Å². The summed E-state index contributed by atoms with van der Waals surface area (Å²) >= 11 is 0. The Hall–Kier alpha value is -2.64. The maximum absolute atomic E-state index is 12.8. The van der Waals surface area contributed by atoms with E-state index in [2.05, 4.69) is 57.5 Å². The molecule has 0 saturated carbocycles. The third kappa shape index (κ3) is 5.95. The average molecular weight is 424 g/mol. The second kappa shape index (κ2) is 10.6. The van der Waals surface area contributed by atoms with Crippen LogP contribution in [0.1, 0.15) is 17.5 Å². The SMILES string of the molecule is CN1CCN(c2ncccc2CNC(=O)N2CCOC(CCc3ccccc3)C2)CC1. The van der Waals surface area contributed by atoms with Crippen molar-refractivity contribution in [1.82, 2.24) is 20.1 Å². The van der Waals surface area contributed by atoms with E-state index < -0.39 is 0 Å². The van der Waals surface area contributed by atoms with Crippen LogP contribution in [-0.2, 0) is 17.7 Å². The van der Waals surface area contributed by atoms with Crippen molar-refractivity contribution in [2.75, 3.05) is 57.8 Å². The van der Waals surface area contributed by atoms with E-state index in [1.54, 1.807) is 0 Å². The first-order chi connectivity index (χ1) is 15.2. The molecule has 2 aliphatic heterocycles. The summed E-state index contributed by atoms with van der Waals surface area (Å²) in [5.41, 5.74) is 2.37. The molecule has 7 heteroatoms. The number of hydrogen-bond acceptors (Lipinski definition) is 5. The molecule has 0 spiro atoms. The predicted molar refractivity (Wildman–Crippen MR) is 122 cm³/mol. The zero-order valence-corrected chi connectivity index (χ0v) is 18.4. The summed E-state index contributed by atoms with van der Waals surface area (Å²) in [6, 6.07) is 14.4. The second-order valence-corrected chi connectivity index (χ2v) is 8.40. The van der Waals surface area contributed by atoms with Gasteiger partial charge in [0.2, 0.25) is 0 Å². The molecule has 1 unspecified atom stereocenters. The minimum atomic E-state index is -0.0267. The van der Waals surface area contributed by atoms with E-state index in [9.17, 15) is 4.79 Å². The van der Waals surface area contributed by atoms with Gasteiger partial charge in [0.25, 0.3) is 0 Å². The average Bonchev–Trinajstić information content (AvgIpc) is 2.83. The van der Waals surface area contributed by atoms with Gasteiger partial charge >= 0.3 is 6.03 Å². The summed E-state index contributed by atoms with van der Waals surface area (Å²) in [7, 11) is 2.15. The number of carbonyl (C=O) groups is 1. The molecular formula is C24H33N5O2. The van der Waals surface area contributed by atoms with Crippen molar-refractivity contribution >= 4 is 11.8 Å². The van der Waals surface area contributed by atoms with Crippen molar-refractivity contribution in [3.05, 3.63) is 59.8 Å². The summed E-state index contributed by atoms with van der Waals surface area (Å²) < 4.78 is 5.91. The Morgan fingerprint density at radius 1 is 1.10 bits per heavy atom. The Kier molecular flexibility index (Phi) is 7.38. The highest BCUT2D eigenvalue weighted by Crippen LogP contribution is 2.19. The Balaban J connectivity index is 1.28. The molecule has 2 aromatic rings. The van der Waals surface area contributed by atoms with Crippen LogP contribution in [0.15, 0.2) is 48.7 Å². The van der Waals surface area contributed by atoms with Gasteiger partial charge in [0.05, 0.1) is 12.7 Å². The van der Waals surface area contributed by atoms with Crippen LogP contribution in [0.4, 0.5) is 10.6 Å². The number of carbonyl (C=O) groups excluding carboxylic acids is 1. The highest BCUT2D eigenvalue weighted by atomic mass is 16.5. The summed E-state index contributed by atoms with van der Waals surface area (Å²) in [5, 5.41) is 3.11. The summed E-state index contributed by atoms with van der Waals surface area (Å²) in [4.78, 5) is 24.0. The first-order valence-electron chi connectivity index (χ1n) is 11.2. The summed E-state index contributed by atoms with van der Waals surface area (Å²) in [5.74, 6) is 0.985. The van der Waals surface area contributed by atoms with Gasteiger partial charge in [-0.1, -0.05) is 36.4 Å². The number of anilines is 1. The van der Waals surface area contributed by atoms with E-state index in [1.165, 1.54) is 5.56 Å². The highest BCUT2D eigenvalue weighted by Gasteiger charge is 2.24. The molecule has 1 aromatic heterocycles. The number of amides is 2. The number of ether oxygens (including phenoxy) is 1.